The zero-order valence-electron chi connectivity index (χ0n) is 4.94. The molecule has 0 aliphatic rings. The largest absolute Gasteiger partial charge is 0.480 e. The van der Waals surface area contributed by atoms with Crippen molar-refractivity contribution in [2.45, 2.75) is 6.04 Å². The molecular weight excluding hydrogens is 158 g/mol. The molecule has 0 fully saturated rings. The van der Waals surface area contributed by atoms with Crippen LogP contribution in [0.3, 0.4) is 0 Å². The molecule has 58 valence electrons. The van der Waals surface area contributed by atoms with Crippen molar-refractivity contribution in [2.24, 2.45) is 0 Å². The molecule has 0 aliphatic heterocycles. The lowest BCUT2D eigenvalue weighted by molar-refractivity contribution is -0.138. The summed E-state index contributed by atoms with van der Waals surface area (Å²) in [5, 5.41) is 18.1. The van der Waals surface area contributed by atoms with E-state index in [4.69, 9.17) is 10.2 Å². The van der Waals surface area contributed by atoms with E-state index in [0.29, 0.717) is 0 Å². The molecule has 0 aromatic heterocycles. The molecule has 1 amide bonds. The summed E-state index contributed by atoms with van der Waals surface area (Å²) in [4.78, 5) is 20.0. The number of aliphatic carboxylic acids is 1. The van der Waals surface area contributed by atoms with Gasteiger partial charge >= 0.3 is 12.1 Å². The topological polar surface area (TPSA) is 86.6 Å². The molecule has 0 radical (unpaired) electrons. The minimum absolute atomic E-state index is 0.0539. The Hall–Kier alpha value is -0.910. The number of carboxylic acid groups (broad SMARTS) is 2. The second-order valence-electron chi connectivity index (χ2n) is 1.52. The van der Waals surface area contributed by atoms with Crippen molar-refractivity contribution < 1.29 is 19.8 Å². The van der Waals surface area contributed by atoms with Crippen molar-refractivity contribution >= 4 is 24.7 Å². The van der Waals surface area contributed by atoms with E-state index < -0.39 is 18.1 Å². The molecule has 0 aromatic rings. The molecule has 5 nitrogen and oxygen atoms in total. The maximum atomic E-state index is 10.1. The van der Waals surface area contributed by atoms with Crippen molar-refractivity contribution in [3.05, 3.63) is 0 Å². The van der Waals surface area contributed by atoms with Crippen LogP contribution < -0.4 is 5.32 Å². The van der Waals surface area contributed by atoms with Crippen LogP contribution in [0.25, 0.3) is 0 Å². The van der Waals surface area contributed by atoms with Crippen molar-refractivity contribution in [1.29, 1.82) is 0 Å². The van der Waals surface area contributed by atoms with Crippen LogP contribution in [-0.4, -0.2) is 34.1 Å². The number of carboxylic acids is 1. The Balaban J connectivity index is 3.83. The third-order valence-electron chi connectivity index (χ3n) is 0.778. The van der Waals surface area contributed by atoms with E-state index in [1.54, 1.807) is 5.32 Å². The molecule has 0 rings (SSSR count). The molecule has 0 aliphatic carbocycles. The Morgan fingerprint density at radius 1 is 1.50 bits per heavy atom. The highest BCUT2D eigenvalue weighted by atomic mass is 32.1. The first-order chi connectivity index (χ1) is 4.57. The van der Waals surface area contributed by atoms with Gasteiger partial charge in [0, 0.05) is 5.75 Å². The van der Waals surface area contributed by atoms with Gasteiger partial charge in [0.15, 0.2) is 0 Å². The average molecular weight is 165 g/mol. The van der Waals surface area contributed by atoms with Gasteiger partial charge in [-0.15, -0.1) is 0 Å². The van der Waals surface area contributed by atoms with Crippen molar-refractivity contribution in [3.63, 3.8) is 0 Å². The first-order valence-electron chi connectivity index (χ1n) is 2.41. The van der Waals surface area contributed by atoms with Crippen LogP contribution in [0.1, 0.15) is 0 Å². The minimum Gasteiger partial charge on any atom is -0.480 e. The zero-order chi connectivity index (χ0) is 8.15. The van der Waals surface area contributed by atoms with E-state index in [1.807, 2.05) is 0 Å². The third-order valence-corrected chi connectivity index (χ3v) is 1.14. The molecule has 1 atom stereocenters. The van der Waals surface area contributed by atoms with Crippen LogP contribution in [0.4, 0.5) is 4.79 Å². The van der Waals surface area contributed by atoms with Gasteiger partial charge in [0.1, 0.15) is 6.04 Å². The van der Waals surface area contributed by atoms with Gasteiger partial charge in [0.25, 0.3) is 0 Å². The molecular formula is C4H7NO4S. The average Bonchev–Trinajstić information content (AvgIpc) is 1.81. The summed E-state index contributed by atoms with van der Waals surface area (Å²) < 4.78 is 0. The van der Waals surface area contributed by atoms with E-state index in [2.05, 4.69) is 12.6 Å². The molecule has 0 saturated carbocycles. The quantitative estimate of drug-likeness (QED) is 0.430. The monoisotopic (exact) mass is 165 g/mol. The molecule has 1 unspecified atom stereocenters. The van der Waals surface area contributed by atoms with Gasteiger partial charge in [-0.05, 0) is 0 Å². The molecule has 6 heteroatoms. The maximum Gasteiger partial charge on any atom is 0.405 e. The summed E-state index contributed by atoms with van der Waals surface area (Å²) in [6, 6.07) is -1.12. The van der Waals surface area contributed by atoms with Crippen molar-refractivity contribution in [1.82, 2.24) is 5.32 Å². The fraction of sp³-hybridized carbons (Fsp3) is 0.500. The van der Waals surface area contributed by atoms with Crippen LogP contribution in [0.5, 0.6) is 0 Å². The summed E-state index contributed by atoms with van der Waals surface area (Å²) >= 11 is 3.62. The van der Waals surface area contributed by atoms with Crippen LogP contribution in [0.15, 0.2) is 0 Å². The van der Waals surface area contributed by atoms with Gasteiger partial charge in [0.05, 0.1) is 0 Å². The smallest absolute Gasteiger partial charge is 0.405 e. The summed E-state index contributed by atoms with van der Waals surface area (Å²) in [5.74, 6) is -1.28. The van der Waals surface area contributed by atoms with Gasteiger partial charge in [-0.25, -0.2) is 9.59 Å². The first-order valence-corrected chi connectivity index (χ1v) is 3.04. The number of hydrogen-bond donors (Lipinski definition) is 4. The number of carbonyl (C=O) groups is 2. The lowest BCUT2D eigenvalue weighted by Gasteiger charge is -2.06. The second kappa shape index (κ2) is 3.99. The van der Waals surface area contributed by atoms with Crippen molar-refractivity contribution in [2.75, 3.05) is 5.75 Å². The number of thiol groups is 1. The standard InChI is InChI=1S/C4H7NO4S/c6-3(7)2(1-10)5-4(8)9/h2,5,10H,1H2,(H,6,7)(H,8,9). The van der Waals surface area contributed by atoms with Gasteiger partial charge in [-0.1, -0.05) is 0 Å². The molecule has 0 spiro atoms. The molecule has 0 saturated heterocycles. The molecule has 3 N–H and O–H groups in total. The number of amides is 1. The normalized spacial score (nSPS) is 12.1. The lowest BCUT2D eigenvalue weighted by atomic mass is 10.3. The van der Waals surface area contributed by atoms with Gasteiger partial charge in [-0.2, -0.15) is 12.6 Å². The highest BCUT2D eigenvalue weighted by molar-refractivity contribution is 7.80. The highest BCUT2D eigenvalue weighted by Crippen LogP contribution is 1.86. The second-order valence-corrected chi connectivity index (χ2v) is 1.89. The van der Waals surface area contributed by atoms with Gasteiger partial charge in [-0.3, -0.25) is 0 Å². The Morgan fingerprint density at radius 2 is 2.00 bits per heavy atom. The fourth-order valence-corrected chi connectivity index (χ4v) is 0.582. The summed E-state index contributed by atoms with van der Waals surface area (Å²) in [6.45, 7) is 0. The van der Waals surface area contributed by atoms with E-state index in [-0.39, 0.29) is 5.75 Å². The molecule has 0 aromatic carbocycles. The summed E-state index contributed by atoms with van der Waals surface area (Å²) in [6.07, 6.45) is -1.36. The maximum absolute atomic E-state index is 10.1. The number of hydrogen-bond acceptors (Lipinski definition) is 3. The molecule has 0 bridgehead atoms. The highest BCUT2D eigenvalue weighted by Gasteiger charge is 2.16. The van der Waals surface area contributed by atoms with Gasteiger partial charge < -0.3 is 15.5 Å². The zero-order valence-corrected chi connectivity index (χ0v) is 5.84. The summed E-state index contributed by atoms with van der Waals surface area (Å²) in [5.41, 5.74) is 0. The Bertz CT molecular complexity index is 148. The number of rotatable bonds is 3. The Labute approximate surface area is 62.5 Å². The minimum atomic E-state index is -1.36. The van der Waals surface area contributed by atoms with E-state index in [0.717, 1.165) is 0 Å². The summed E-state index contributed by atoms with van der Waals surface area (Å²) in [7, 11) is 0. The van der Waals surface area contributed by atoms with Crippen LogP contribution in [0.2, 0.25) is 0 Å². The van der Waals surface area contributed by atoms with E-state index in [1.165, 1.54) is 0 Å². The SMILES string of the molecule is O=C(O)NC(CS)C(=O)O. The predicted octanol–water partition coefficient (Wildman–Crippen LogP) is -0.363. The predicted molar refractivity (Wildman–Crippen MR) is 36.4 cm³/mol. The number of nitrogens with one attached hydrogen (secondary N) is 1. The van der Waals surface area contributed by atoms with Gasteiger partial charge in [0.2, 0.25) is 0 Å². The van der Waals surface area contributed by atoms with Crippen LogP contribution in [0, 0.1) is 0 Å². The first kappa shape index (κ1) is 9.09. The molecule has 0 heterocycles. The van der Waals surface area contributed by atoms with E-state index >= 15 is 0 Å². The Kier molecular flexibility index (Phi) is 3.63. The third kappa shape index (κ3) is 3.18. The van der Waals surface area contributed by atoms with E-state index in [9.17, 15) is 9.59 Å². The van der Waals surface area contributed by atoms with Crippen LogP contribution in [-0.2, 0) is 4.79 Å². The fourth-order valence-electron chi connectivity index (χ4n) is 0.335. The molecule has 10 heavy (non-hydrogen) atoms. The van der Waals surface area contributed by atoms with Crippen molar-refractivity contribution in [3.8, 4) is 0 Å². The Morgan fingerprint density at radius 3 is 2.10 bits per heavy atom. The van der Waals surface area contributed by atoms with Crippen LogP contribution >= 0.6 is 12.6 Å². The lowest BCUT2D eigenvalue weighted by Crippen LogP contribution is -2.41.